The van der Waals surface area contributed by atoms with Crippen LogP contribution in [0.2, 0.25) is 0 Å². The predicted molar refractivity (Wildman–Crippen MR) is 66.4 cm³/mol. The maximum Gasteiger partial charge on any atom is 0.419 e. The van der Waals surface area contributed by atoms with Crippen molar-refractivity contribution in [2.24, 2.45) is 11.7 Å². The van der Waals surface area contributed by atoms with Crippen LogP contribution in [0.4, 0.5) is 17.6 Å². The maximum atomic E-state index is 13.3. The highest BCUT2D eigenvalue weighted by Crippen LogP contribution is 2.32. The Kier molecular flexibility index (Phi) is 6.25. The van der Waals surface area contributed by atoms with Gasteiger partial charge < -0.3 is 10.8 Å². The van der Waals surface area contributed by atoms with Crippen molar-refractivity contribution >= 4 is 12.4 Å². The summed E-state index contributed by atoms with van der Waals surface area (Å²) in [5.74, 6) is -1.56. The Labute approximate surface area is 115 Å². The van der Waals surface area contributed by atoms with Crippen molar-refractivity contribution in [3.63, 3.8) is 0 Å². The van der Waals surface area contributed by atoms with Crippen LogP contribution in [0.25, 0.3) is 0 Å². The van der Waals surface area contributed by atoms with Gasteiger partial charge in [-0.1, -0.05) is 19.9 Å². The largest absolute Gasteiger partial charge is 0.419 e. The van der Waals surface area contributed by atoms with Crippen molar-refractivity contribution in [3.8, 4) is 0 Å². The van der Waals surface area contributed by atoms with Gasteiger partial charge in [-0.2, -0.15) is 13.2 Å². The second-order valence-corrected chi connectivity index (χ2v) is 4.50. The lowest BCUT2D eigenvalue weighted by Gasteiger charge is -2.23. The van der Waals surface area contributed by atoms with Crippen LogP contribution < -0.4 is 5.73 Å². The van der Waals surface area contributed by atoms with Crippen LogP contribution >= 0.6 is 12.4 Å². The molecule has 0 saturated heterocycles. The molecule has 0 aromatic heterocycles. The van der Waals surface area contributed by atoms with Gasteiger partial charge in [0.1, 0.15) is 5.82 Å². The molecule has 0 heterocycles. The average molecular weight is 302 g/mol. The number of halogens is 5. The standard InChI is InChI=1S/C12H15F4NO.ClH/c1-6(2)11(18)10(17)7-3-4-8(9(13)5-7)12(14,15)16;/h3-6,10-11,18H,17H2,1-2H3;1H/t10-,11+;/m1./s1. The van der Waals surface area contributed by atoms with E-state index in [1.54, 1.807) is 13.8 Å². The van der Waals surface area contributed by atoms with E-state index in [4.69, 9.17) is 5.73 Å². The Morgan fingerprint density at radius 2 is 1.74 bits per heavy atom. The van der Waals surface area contributed by atoms with Gasteiger partial charge in [0.15, 0.2) is 0 Å². The molecule has 0 spiro atoms. The third-order valence-corrected chi connectivity index (χ3v) is 2.73. The molecule has 3 N–H and O–H groups in total. The quantitative estimate of drug-likeness (QED) is 0.842. The molecule has 0 unspecified atom stereocenters. The van der Waals surface area contributed by atoms with E-state index in [0.29, 0.717) is 6.07 Å². The average Bonchev–Trinajstić information content (AvgIpc) is 2.24. The van der Waals surface area contributed by atoms with E-state index in [1.807, 2.05) is 0 Å². The number of alkyl halides is 3. The summed E-state index contributed by atoms with van der Waals surface area (Å²) in [4.78, 5) is 0. The van der Waals surface area contributed by atoms with Crippen molar-refractivity contribution in [2.75, 3.05) is 0 Å². The minimum Gasteiger partial charge on any atom is -0.391 e. The lowest BCUT2D eigenvalue weighted by Crippen LogP contribution is -2.30. The molecular formula is C12H16ClF4NO. The number of aliphatic hydroxyl groups excluding tert-OH is 1. The Morgan fingerprint density at radius 3 is 2.11 bits per heavy atom. The number of hydrogen-bond acceptors (Lipinski definition) is 2. The van der Waals surface area contributed by atoms with E-state index in [1.165, 1.54) is 0 Å². The fraction of sp³-hybridized carbons (Fsp3) is 0.500. The van der Waals surface area contributed by atoms with Gasteiger partial charge in [0, 0.05) is 0 Å². The molecule has 1 aromatic carbocycles. The Hall–Kier alpha value is -0.850. The molecule has 7 heteroatoms. The molecule has 1 aromatic rings. The Morgan fingerprint density at radius 1 is 1.21 bits per heavy atom. The van der Waals surface area contributed by atoms with Gasteiger partial charge >= 0.3 is 6.18 Å². The molecule has 2 nitrogen and oxygen atoms in total. The van der Waals surface area contributed by atoms with Gasteiger partial charge in [0.05, 0.1) is 17.7 Å². The summed E-state index contributed by atoms with van der Waals surface area (Å²) in [6.07, 6.45) is -5.68. The summed E-state index contributed by atoms with van der Waals surface area (Å²) in [7, 11) is 0. The molecule has 0 aliphatic carbocycles. The number of benzene rings is 1. The van der Waals surface area contributed by atoms with Gasteiger partial charge in [-0.15, -0.1) is 12.4 Å². The molecule has 0 aliphatic heterocycles. The summed E-state index contributed by atoms with van der Waals surface area (Å²) in [5.41, 5.74) is 4.47. The number of aliphatic hydroxyl groups is 1. The smallest absolute Gasteiger partial charge is 0.391 e. The molecule has 1 rings (SSSR count). The van der Waals surface area contributed by atoms with Crippen LogP contribution in [-0.4, -0.2) is 11.2 Å². The second-order valence-electron chi connectivity index (χ2n) is 4.50. The van der Waals surface area contributed by atoms with Crippen LogP contribution in [0.5, 0.6) is 0 Å². The third-order valence-electron chi connectivity index (χ3n) is 2.73. The molecule has 19 heavy (non-hydrogen) atoms. The van der Waals surface area contributed by atoms with Crippen LogP contribution in [0.15, 0.2) is 18.2 Å². The Balaban J connectivity index is 0.00000324. The molecule has 0 bridgehead atoms. The van der Waals surface area contributed by atoms with Crippen molar-refractivity contribution < 1.29 is 22.7 Å². The maximum absolute atomic E-state index is 13.3. The summed E-state index contributed by atoms with van der Waals surface area (Å²) >= 11 is 0. The first-order valence-electron chi connectivity index (χ1n) is 5.45. The van der Waals surface area contributed by atoms with Gasteiger partial charge in [-0.25, -0.2) is 4.39 Å². The minimum atomic E-state index is -4.73. The van der Waals surface area contributed by atoms with Crippen LogP contribution in [-0.2, 0) is 6.18 Å². The van der Waals surface area contributed by atoms with Gasteiger partial charge in [-0.3, -0.25) is 0 Å². The first-order valence-corrected chi connectivity index (χ1v) is 5.45. The number of hydrogen-bond donors (Lipinski definition) is 2. The first kappa shape index (κ1) is 18.1. The van der Waals surface area contributed by atoms with Crippen molar-refractivity contribution in [1.82, 2.24) is 0 Å². The molecule has 0 saturated carbocycles. The van der Waals surface area contributed by atoms with Gasteiger partial charge in [0.25, 0.3) is 0 Å². The zero-order chi connectivity index (χ0) is 14.1. The highest BCUT2D eigenvalue weighted by Gasteiger charge is 2.34. The number of nitrogens with two attached hydrogens (primary N) is 1. The van der Waals surface area contributed by atoms with E-state index in [0.717, 1.165) is 12.1 Å². The van der Waals surface area contributed by atoms with Crippen LogP contribution in [0.3, 0.4) is 0 Å². The van der Waals surface area contributed by atoms with E-state index in [9.17, 15) is 22.7 Å². The minimum absolute atomic E-state index is 0. The van der Waals surface area contributed by atoms with E-state index in [-0.39, 0.29) is 23.9 Å². The lowest BCUT2D eigenvalue weighted by atomic mass is 9.94. The van der Waals surface area contributed by atoms with Gasteiger partial charge in [0.2, 0.25) is 0 Å². The fourth-order valence-electron chi connectivity index (χ4n) is 1.58. The summed E-state index contributed by atoms with van der Waals surface area (Å²) in [6, 6.07) is 1.53. The highest BCUT2D eigenvalue weighted by molar-refractivity contribution is 5.85. The molecule has 0 amide bonds. The van der Waals surface area contributed by atoms with Crippen molar-refractivity contribution in [3.05, 3.63) is 35.1 Å². The molecule has 2 atom stereocenters. The van der Waals surface area contributed by atoms with E-state index in [2.05, 4.69) is 0 Å². The third kappa shape index (κ3) is 4.33. The first-order chi connectivity index (χ1) is 8.14. The number of rotatable bonds is 3. The molecule has 0 fully saturated rings. The monoisotopic (exact) mass is 301 g/mol. The fourth-order valence-corrected chi connectivity index (χ4v) is 1.58. The molecule has 0 aliphatic rings. The second kappa shape index (κ2) is 6.54. The predicted octanol–water partition coefficient (Wildman–Crippen LogP) is 3.28. The topological polar surface area (TPSA) is 46.2 Å². The molecular weight excluding hydrogens is 286 g/mol. The highest BCUT2D eigenvalue weighted by atomic mass is 35.5. The summed E-state index contributed by atoms with van der Waals surface area (Å²) < 4.78 is 50.4. The zero-order valence-electron chi connectivity index (χ0n) is 10.4. The van der Waals surface area contributed by atoms with E-state index >= 15 is 0 Å². The Bertz CT molecular complexity index is 423. The van der Waals surface area contributed by atoms with Crippen LogP contribution in [0.1, 0.15) is 31.0 Å². The summed E-state index contributed by atoms with van der Waals surface area (Å²) in [6.45, 7) is 3.43. The van der Waals surface area contributed by atoms with Gasteiger partial charge in [-0.05, 0) is 23.6 Å². The van der Waals surface area contributed by atoms with Crippen LogP contribution in [0, 0.1) is 11.7 Å². The van der Waals surface area contributed by atoms with Crippen molar-refractivity contribution in [2.45, 2.75) is 32.2 Å². The zero-order valence-corrected chi connectivity index (χ0v) is 11.2. The van der Waals surface area contributed by atoms with E-state index < -0.39 is 29.7 Å². The summed E-state index contributed by atoms with van der Waals surface area (Å²) in [5, 5.41) is 9.70. The van der Waals surface area contributed by atoms with Crippen molar-refractivity contribution in [1.29, 1.82) is 0 Å². The molecule has 0 radical (unpaired) electrons. The molecule has 110 valence electrons. The lowest BCUT2D eigenvalue weighted by molar-refractivity contribution is -0.140. The normalized spacial score (nSPS) is 15.0. The SMILES string of the molecule is CC(C)[C@H](O)[C@H](N)c1ccc(C(F)(F)F)c(F)c1.Cl.